The van der Waals surface area contributed by atoms with Gasteiger partial charge in [0, 0.05) is 18.2 Å². The van der Waals surface area contributed by atoms with Gasteiger partial charge in [0.05, 0.1) is 13.7 Å². The lowest BCUT2D eigenvalue weighted by atomic mass is 10.1. The van der Waals surface area contributed by atoms with Crippen molar-refractivity contribution in [2.45, 2.75) is 19.8 Å². The minimum Gasteiger partial charge on any atom is -0.493 e. The average molecular weight is 294 g/mol. The number of methoxy groups -OCH3 is 1. The molecule has 0 amide bonds. The topological polar surface area (TPSA) is 65.0 Å². The van der Waals surface area contributed by atoms with Gasteiger partial charge in [-0.2, -0.15) is 0 Å². The molecule has 0 aliphatic carbocycles. The maximum absolute atomic E-state index is 10.6. The Hall–Kier alpha value is -2.01. The van der Waals surface area contributed by atoms with Crippen molar-refractivity contribution in [1.29, 1.82) is 0 Å². The van der Waals surface area contributed by atoms with E-state index in [4.69, 9.17) is 19.3 Å². The summed E-state index contributed by atoms with van der Waals surface area (Å²) in [5.41, 5.74) is 0.658. The highest BCUT2D eigenvalue weighted by Gasteiger charge is 2.08. The van der Waals surface area contributed by atoms with E-state index in [0.717, 1.165) is 25.5 Å². The van der Waals surface area contributed by atoms with Gasteiger partial charge in [-0.3, -0.25) is 0 Å². The molecule has 0 saturated carbocycles. The van der Waals surface area contributed by atoms with Crippen molar-refractivity contribution in [1.82, 2.24) is 0 Å². The fourth-order valence-electron chi connectivity index (χ4n) is 1.69. The average Bonchev–Trinajstić information content (AvgIpc) is 2.49. The molecule has 0 bridgehead atoms. The van der Waals surface area contributed by atoms with Crippen molar-refractivity contribution in [3.8, 4) is 11.5 Å². The SMILES string of the molecule is CCCCOCCOc1c(C=CC(=O)O)cccc1OC. The standard InChI is InChI=1S/C16H22O5/c1-3-4-10-20-11-12-21-16-13(8-9-15(17)18)6-5-7-14(16)19-2/h5-9H,3-4,10-12H2,1-2H3,(H,17,18). The molecule has 1 aromatic carbocycles. The molecular weight excluding hydrogens is 272 g/mol. The van der Waals surface area contributed by atoms with Crippen molar-refractivity contribution in [2.75, 3.05) is 26.9 Å². The molecule has 0 heterocycles. The lowest BCUT2D eigenvalue weighted by molar-refractivity contribution is -0.131. The zero-order valence-corrected chi connectivity index (χ0v) is 12.5. The minimum atomic E-state index is -1.01. The number of benzene rings is 1. The molecule has 0 spiro atoms. The number of hydrogen-bond acceptors (Lipinski definition) is 4. The smallest absolute Gasteiger partial charge is 0.328 e. The second-order valence-electron chi connectivity index (χ2n) is 4.36. The molecule has 5 heteroatoms. The fourth-order valence-corrected chi connectivity index (χ4v) is 1.69. The van der Waals surface area contributed by atoms with Crippen LogP contribution in [0.5, 0.6) is 11.5 Å². The molecular formula is C16H22O5. The zero-order chi connectivity index (χ0) is 15.5. The molecule has 0 aliphatic heterocycles. The first-order valence-corrected chi connectivity index (χ1v) is 6.97. The van der Waals surface area contributed by atoms with Crippen LogP contribution in [-0.2, 0) is 9.53 Å². The molecule has 1 aromatic rings. The first kappa shape index (κ1) is 17.0. The van der Waals surface area contributed by atoms with Gasteiger partial charge < -0.3 is 19.3 Å². The Labute approximate surface area is 125 Å². The number of rotatable bonds is 10. The summed E-state index contributed by atoms with van der Waals surface area (Å²) in [7, 11) is 1.55. The summed E-state index contributed by atoms with van der Waals surface area (Å²) < 4.78 is 16.3. The minimum absolute atomic E-state index is 0.387. The number of aliphatic carboxylic acids is 1. The van der Waals surface area contributed by atoms with Gasteiger partial charge in [-0.25, -0.2) is 4.79 Å². The summed E-state index contributed by atoms with van der Waals surface area (Å²) in [5, 5.41) is 8.71. The number of carboxylic acids is 1. The largest absolute Gasteiger partial charge is 0.493 e. The summed E-state index contributed by atoms with van der Waals surface area (Å²) in [4.78, 5) is 10.6. The van der Waals surface area contributed by atoms with Crippen LogP contribution in [-0.4, -0.2) is 38.0 Å². The van der Waals surface area contributed by atoms with Gasteiger partial charge in [0.25, 0.3) is 0 Å². The molecule has 0 aromatic heterocycles. The number of hydrogen-bond donors (Lipinski definition) is 1. The predicted octanol–water partition coefficient (Wildman–Crippen LogP) is 2.99. The Bertz CT molecular complexity index is 468. The van der Waals surface area contributed by atoms with Gasteiger partial charge in [0.15, 0.2) is 11.5 Å². The molecule has 0 unspecified atom stereocenters. The lowest BCUT2D eigenvalue weighted by Gasteiger charge is -2.13. The van der Waals surface area contributed by atoms with Crippen LogP contribution in [0.4, 0.5) is 0 Å². The van der Waals surface area contributed by atoms with E-state index in [-0.39, 0.29) is 0 Å². The quantitative estimate of drug-likeness (QED) is 0.531. The van der Waals surface area contributed by atoms with Crippen molar-refractivity contribution in [3.63, 3.8) is 0 Å². The molecule has 0 atom stereocenters. The summed E-state index contributed by atoms with van der Waals surface area (Å²) in [6.07, 6.45) is 4.68. The Balaban J connectivity index is 2.66. The monoisotopic (exact) mass is 294 g/mol. The first-order chi connectivity index (χ1) is 10.2. The Kier molecular flexibility index (Phi) is 7.97. The molecule has 0 radical (unpaired) electrons. The molecule has 0 fully saturated rings. The third-order valence-corrected chi connectivity index (χ3v) is 2.75. The summed E-state index contributed by atoms with van der Waals surface area (Å²) in [5.74, 6) is 0.0827. The predicted molar refractivity (Wildman–Crippen MR) is 80.9 cm³/mol. The third kappa shape index (κ3) is 6.31. The normalized spacial score (nSPS) is 10.8. The van der Waals surface area contributed by atoms with Crippen LogP contribution in [0.15, 0.2) is 24.3 Å². The Morgan fingerprint density at radius 2 is 2.10 bits per heavy atom. The Morgan fingerprint density at radius 3 is 2.76 bits per heavy atom. The van der Waals surface area contributed by atoms with E-state index < -0.39 is 5.97 Å². The highest BCUT2D eigenvalue weighted by molar-refractivity contribution is 5.86. The van der Waals surface area contributed by atoms with Crippen LogP contribution in [0.1, 0.15) is 25.3 Å². The maximum atomic E-state index is 10.6. The van der Waals surface area contributed by atoms with Crippen molar-refractivity contribution < 1.29 is 24.1 Å². The van der Waals surface area contributed by atoms with Gasteiger partial charge in [-0.05, 0) is 18.6 Å². The van der Waals surface area contributed by atoms with Gasteiger partial charge in [0.1, 0.15) is 6.61 Å². The first-order valence-electron chi connectivity index (χ1n) is 6.97. The Morgan fingerprint density at radius 1 is 1.29 bits per heavy atom. The van der Waals surface area contributed by atoms with Crippen LogP contribution >= 0.6 is 0 Å². The molecule has 21 heavy (non-hydrogen) atoms. The van der Waals surface area contributed by atoms with Crippen LogP contribution in [0.2, 0.25) is 0 Å². The van der Waals surface area contributed by atoms with E-state index in [1.165, 1.54) is 6.08 Å². The van der Waals surface area contributed by atoms with Crippen molar-refractivity contribution in [3.05, 3.63) is 29.8 Å². The van der Waals surface area contributed by atoms with E-state index in [9.17, 15) is 4.79 Å². The fraction of sp³-hybridized carbons (Fsp3) is 0.438. The van der Waals surface area contributed by atoms with E-state index in [2.05, 4.69) is 6.92 Å². The number of carboxylic acid groups (broad SMARTS) is 1. The number of para-hydroxylation sites is 1. The number of ether oxygens (including phenoxy) is 3. The highest BCUT2D eigenvalue weighted by Crippen LogP contribution is 2.31. The van der Waals surface area contributed by atoms with Crippen LogP contribution in [0, 0.1) is 0 Å². The van der Waals surface area contributed by atoms with E-state index in [0.29, 0.717) is 30.3 Å². The molecule has 1 N–H and O–H groups in total. The molecule has 0 aliphatic rings. The second-order valence-corrected chi connectivity index (χ2v) is 4.36. The molecule has 0 saturated heterocycles. The van der Waals surface area contributed by atoms with Crippen molar-refractivity contribution in [2.24, 2.45) is 0 Å². The summed E-state index contributed by atoms with van der Waals surface area (Å²) >= 11 is 0. The maximum Gasteiger partial charge on any atom is 0.328 e. The van der Waals surface area contributed by atoms with Crippen LogP contribution in [0.25, 0.3) is 6.08 Å². The number of carbonyl (C=O) groups is 1. The van der Waals surface area contributed by atoms with Gasteiger partial charge in [-0.1, -0.05) is 25.5 Å². The summed E-state index contributed by atoms with van der Waals surface area (Å²) in [6, 6.07) is 5.32. The number of unbranched alkanes of at least 4 members (excludes halogenated alkanes) is 1. The zero-order valence-electron chi connectivity index (χ0n) is 12.5. The summed E-state index contributed by atoms with van der Waals surface area (Å²) in [6.45, 7) is 3.70. The van der Waals surface area contributed by atoms with Crippen LogP contribution in [0.3, 0.4) is 0 Å². The van der Waals surface area contributed by atoms with Gasteiger partial charge in [0.2, 0.25) is 0 Å². The van der Waals surface area contributed by atoms with Crippen LogP contribution < -0.4 is 9.47 Å². The highest BCUT2D eigenvalue weighted by atomic mass is 16.5. The van der Waals surface area contributed by atoms with E-state index >= 15 is 0 Å². The molecule has 1 rings (SSSR count). The second kappa shape index (κ2) is 9.83. The third-order valence-electron chi connectivity index (χ3n) is 2.75. The van der Waals surface area contributed by atoms with E-state index in [1.54, 1.807) is 25.3 Å². The van der Waals surface area contributed by atoms with Gasteiger partial charge in [-0.15, -0.1) is 0 Å². The molecule has 5 nitrogen and oxygen atoms in total. The molecule has 116 valence electrons. The van der Waals surface area contributed by atoms with Crippen molar-refractivity contribution >= 4 is 12.0 Å². The lowest BCUT2D eigenvalue weighted by Crippen LogP contribution is -2.08. The van der Waals surface area contributed by atoms with Gasteiger partial charge >= 0.3 is 5.97 Å². The van der Waals surface area contributed by atoms with E-state index in [1.807, 2.05) is 0 Å².